The van der Waals surface area contributed by atoms with Crippen LogP contribution in [0.2, 0.25) is 0 Å². The van der Waals surface area contributed by atoms with Crippen molar-refractivity contribution in [2.24, 2.45) is 0 Å². The Bertz CT molecular complexity index is 1010. The highest BCUT2D eigenvalue weighted by Gasteiger charge is 2.35. The third-order valence-corrected chi connectivity index (χ3v) is 3.95. The van der Waals surface area contributed by atoms with Crippen molar-refractivity contribution in [3.63, 3.8) is 0 Å². The minimum Gasteiger partial charge on any atom is -0.490 e. The van der Waals surface area contributed by atoms with Gasteiger partial charge in [-0.2, -0.15) is 18.2 Å². The highest BCUT2D eigenvalue weighted by Crippen LogP contribution is 2.39. The van der Waals surface area contributed by atoms with Crippen LogP contribution in [0.4, 0.5) is 13.2 Å². The molecule has 0 aliphatic heterocycles. The van der Waals surface area contributed by atoms with Gasteiger partial charge in [-0.15, -0.1) is 0 Å². The fraction of sp³-hybridized carbons (Fsp3) is 0.286. The Hall–Kier alpha value is -3.36. The second-order valence-electron chi connectivity index (χ2n) is 6.78. The van der Waals surface area contributed by atoms with Gasteiger partial charge in [0.2, 0.25) is 5.82 Å². The van der Waals surface area contributed by atoms with Crippen LogP contribution in [-0.2, 0) is 11.0 Å². The first-order valence-electron chi connectivity index (χ1n) is 9.11. The van der Waals surface area contributed by atoms with E-state index in [2.05, 4.69) is 10.1 Å². The summed E-state index contributed by atoms with van der Waals surface area (Å²) < 4.78 is 56.1. The van der Waals surface area contributed by atoms with Gasteiger partial charge in [0.25, 0.3) is 5.89 Å². The molecule has 0 N–H and O–H groups in total. The van der Waals surface area contributed by atoms with Crippen LogP contribution in [0.1, 0.15) is 26.3 Å². The van der Waals surface area contributed by atoms with Crippen molar-refractivity contribution in [1.82, 2.24) is 10.1 Å². The molecule has 30 heavy (non-hydrogen) atoms. The first kappa shape index (κ1) is 21.4. The summed E-state index contributed by atoms with van der Waals surface area (Å²) >= 11 is 0. The van der Waals surface area contributed by atoms with Crippen LogP contribution in [-0.4, -0.2) is 28.6 Å². The number of carbonyl (C=O) groups excluding carboxylic acids is 1. The lowest BCUT2D eigenvalue weighted by Gasteiger charge is -2.16. The van der Waals surface area contributed by atoms with Crippen molar-refractivity contribution < 1.29 is 32.0 Å². The zero-order chi connectivity index (χ0) is 21.9. The van der Waals surface area contributed by atoms with Gasteiger partial charge in [-0.05, 0) is 63.2 Å². The molecule has 0 fully saturated rings. The van der Waals surface area contributed by atoms with Crippen molar-refractivity contribution in [3.05, 3.63) is 48.0 Å². The zero-order valence-corrected chi connectivity index (χ0v) is 16.4. The highest BCUT2D eigenvalue weighted by molar-refractivity contribution is 5.63. The Labute approximate surface area is 170 Å². The lowest BCUT2D eigenvalue weighted by atomic mass is 10.1. The van der Waals surface area contributed by atoms with Gasteiger partial charge in [0.1, 0.15) is 11.5 Å². The molecular formula is C21H19F3N2O4. The van der Waals surface area contributed by atoms with Crippen molar-refractivity contribution in [1.29, 1.82) is 0 Å². The molecule has 9 heteroatoms. The van der Waals surface area contributed by atoms with E-state index >= 15 is 0 Å². The van der Waals surface area contributed by atoms with Crippen LogP contribution in [0.15, 0.2) is 47.0 Å². The molecule has 3 aromatic rings. The quantitative estimate of drug-likeness (QED) is 0.491. The smallest absolute Gasteiger partial charge is 0.419 e. The molecule has 158 valence electrons. The molecule has 0 radical (unpaired) electrons. The summed E-state index contributed by atoms with van der Waals surface area (Å²) in [4.78, 5) is 14.8. The van der Waals surface area contributed by atoms with Crippen molar-refractivity contribution in [2.45, 2.75) is 39.2 Å². The van der Waals surface area contributed by atoms with E-state index in [1.807, 2.05) is 0 Å². The number of benzene rings is 2. The number of alkyl halides is 3. The highest BCUT2D eigenvalue weighted by atomic mass is 19.4. The van der Waals surface area contributed by atoms with Crippen molar-refractivity contribution in [2.75, 3.05) is 0 Å². The molecule has 0 aliphatic rings. The minimum atomic E-state index is -4.60. The zero-order valence-electron chi connectivity index (χ0n) is 16.4. The van der Waals surface area contributed by atoms with Gasteiger partial charge < -0.3 is 14.0 Å². The Morgan fingerprint density at radius 1 is 1.00 bits per heavy atom. The van der Waals surface area contributed by atoms with Gasteiger partial charge >= 0.3 is 6.18 Å². The Balaban J connectivity index is 1.88. The molecule has 2 aromatic carbocycles. The molecule has 0 saturated heterocycles. The summed E-state index contributed by atoms with van der Waals surface area (Å²) in [6.45, 7) is 4.91. The van der Waals surface area contributed by atoms with Gasteiger partial charge in [-0.1, -0.05) is 5.16 Å². The maximum Gasteiger partial charge on any atom is 0.419 e. The van der Waals surface area contributed by atoms with Gasteiger partial charge in [0, 0.05) is 11.1 Å². The number of hydrogen-bond donors (Lipinski definition) is 0. The normalized spacial score (nSPS) is 12.6. The molecular weight excluding hydrogens is 401 g/mol. The Morgan fingerprint density at radius 3 is 2.27 bits per heavy atom. The number of halogens is 3. The third kappa shape index (κ3) is 4.97. The second-order valence-corrected chi connectivity index (χ2v) is 6.78. The second kappa shape index (κ2) is 8.56. The number of aldehydes is 1. The number of rotatable bonds is 7. The standard InChI is InChI=1S/C21H19F3N2O4/c1-12(2)28-18-9-6-15(10-17(18)21(22,23)24)19-25-20(30-26-19)14-4-7-16(8-5-14)29-13(3)11-27/h4-13H,1-3H3. The van der Waals surface area contributed by atoms with Crippen LogP contribution in [0.25, 0.3) is 22.8 Å². The molecule has 1 heterocycles. The van der Waals surface area contributed by atoms with E-state index in [0.717, 1.165) is 6.07 Å². The van der Waals surface area contributed by atoms with Crippen molar-refractivity contribution in [3.8, 4) is 34.3 Å². The first-order valence-corrected chi connectivity index (χ1v) is 9.11. The van der Waals surface area contributed by atoms with Crippen LogP contribution < -0.4 is 9.47 Å². The predicted molar refractivity (Wildman–Crippen MR) is 102 cm³/mol. The van der Waals surface area contributed by atoms with E-state index in [9.17, 15) is 18.0 Å². The maximum absolute atomic E-state index is 13.4. The number of hydrogen-bond acceptors (Lipinski definition) is 6. The number of aromatic nitrogens is 2. The van der Waals surface area contributed by atoms with E-state index in [0.29, 0.717) is 17.6 Å². The summed E-state index contributed by atoms with van der Waals surface area (Å²) in [7, 11) is 0. The van der Waals surface area contributed by atoms with Crippen molar-refractivity contribution >= 4 is 6.29 Å². The molecule has 0 bridgehead atoms. The van der Waals surface area contributed by atoms with E-state index in [1.54, 1.807) is 45.0 Å². The number of carbonyl (C=O) groups is 1. The van der Waals surface area contributed by atoms with Gasteiger partial charge in [0.05, 0.1) is 11.7 Å². The van der Waals surface area contributed by atoms with Crippen LogP contribution in [0.3, 0.4) is 0 Å². The fourth-order valence-electron chi connectivity index (χ4n) is 2.62. The van der Waals surface area contributed by atoms with E-state index in [1.165, 1.54) is 12.1 Å². The van der Waals surface area contributed by atoms with E-state index in [4.69, 9.17) is 14.0 Å². The average Bonchev–Trinajstić information content (AvgIpc) is 3.17. The lowest BCUT2D eigenvalue weighted by Crippen LogP contribution is -2.13. The summed E-state index contributed by atoms with van der Waals surface area (Å²) in [5, 5.41) is 3.79. The summed E-state index contributed by atoms with van der Waals surface area (Å²) in [5.74, 6) is 0.372. The van der Waals surface area contributed by atoms with E-state index < -0.39 is 23.9 Å². The summed E-state index contributed by atoms with van der Waals surface area (Å²) in [6.07, 6.45) is -4.92. The minimum absolute atomic E-state index is 0.0153. The molecule has 1 aromatic heterocycles. The largest absolute Gasteiger partial charge is 0.490 e. The average molecular weight is 420 g/mol. The van der Waals surface area contributed by atoms with Gasteiger partial charge in [0.15, 0.2) is 12.4 Å². The van der Waals surface area contributed by atoms with Gasteiger partial charge in [-0.25, -0.2) is 0 Å². The Morgan fingerprint density at radius 2 is 1.67 bits per heavy atom. The molecule has 6 nitrogen and oxygen atoms in total. The van der Waals surface area contributed by atoms with Crippen LogP contribution >= 0.6 is 0 Å². The monoisotopic (exact) mass is 420 g/mol. The maximum atomic E-state index is 13.4. The summed E-state index contributed by atoms with van der Waals surface area (Å²) in [6, 6.07) is 10.2. The van der Waals surface area contributed by atoms with Crippen LogP contribution in [0.5, 0.6) is 11.5 Å². The van der Waals surface area contributed by atoms with Crippen LogP contribution in [0, 0.1) is 0 Å². The number of nitrogens with zero attached hydrogens (tertiary/aromatic N) is 2. The first-order chi connectivity index (χ1) is 14.2. The lowest BCUT2D eigenvalue weighted by molar-refractivity contribution is -0.139. The predicted octanol–water partition coefficient (Wildman–Crippen LogP) is 5.18. The molecule has 0 spiro atoms. The summed E-state index contributed by atoms with van der Waals surface area (Å²) in [5.41, 5.74) is -0.213. The SMILES string of the molecule is CC(C)Oc1ccc(-c2noc(-c3ccc(OC(C)C=O)cc3)n2)cc1C(F)(F)F. The third-order valence-electron chi connectivity index (χ3n) is 3.95. The fourth-order valence-corrected chi connectivity index (χ4v) is 2.62. The molecule has 1 unspecified atom stereocenters. The molecule has 1 atom stereocenters. The molecule has 0 amide bonds. The topological polar surface area (TPSA) is 74.5 Å². The molecule has 3 rings (SSSR count). The number of ether oxygens (including phenoxy) is 2. The Kier molecular flexibility index (Phi) is 6.09. The van der Waals surface area contributed by atoms with E-state index in [-0.39, 0.29) is 23.0 Å². The molecule has 0 aliphatic carbocycles. The molecule has 0 saturated carbocycles. The van der Waals surface area contributed by atoms with Gasteiger partial charge in [-0.3, -0.25) is 4.79 Å².